The summed E-state index contributed by atoms with van der Waals surface area (Å²) in [5, 5.41) is 9.24. The number of hydrogen-bond acceptors (Lipinski definition) is 5. The largest absolute Gasteiger partial charge is 0.494 e. The van der Waals surface area contributed by atoms with Gasteiger partial charge in [0, 0.05) is 37.2 Å². The number of aliphatic imine (C=N–C) groups is 1. The van der Waals surface area contributed by atoms with Crippen LogP contribution in [0.5, 0.6) is 11.5 Å². The second-order valence-corrected chi connectivity index (χ2v) is 6.99. The number of ether oxygens (including phenoxy) is 2. The zero-order valence-corrected chi connectivity index (χ0v) is 20.5. The van der Waals surface area contributed by atoms with Crippen molar-refractivity contribution in [3.05, 3.63) is 47.4 Å². The maximum atomic E-state index is 11.9. The molecular weight excluding hydrogens is 511 g/mol. The highest BCUT2D eigenvalue weighted by Crippen LogP contribution is 2.35. The van der Waals surface area contributed by atoms with Gasteiger partial charge < -0.3 is 29.8 Å². The van der Waals surface area contributed by atoms with Crippen LogP contribution < -0.4 is 25.4 Å². The Labute approximate surface area is 200 Å². The fourth-order valence-corrected chi connectivity index (χ4v) is 3.25. The van der Waals surface area contributed by atoms with Crippen LogP contribution in [0.25, 0.3) is 0 Å². The van der Waals surface area contributed by atoms with Crippen LogP contribution in [0.3, 0.4) is 0 Å². The van der Waals surface area contributed by atoms with Gasteiger partial charge in [0.2, 0.25) is 0 Å². The first-order valence-corrected chi connectivity index (χ1v) is 10.4. The number of rotatable bonds is 9. The first-order valence-electron chi connectivity index (χ1n) is 10.4. The van der Waals surface area contributed by atoms with Gasteiger partial charge in [0.15, 0.2) is 11.7 Å². The molecule has 0 aliphatic carbocycles. The lowest BCUT2D eigenvalue weighted by atomic mass is 10.1. The number of furan rings is 1. The zero-order chi connectivity index (χ0) is 21.3. The molecule has 31 heavy (non-hydrogen) atoms. The SMILES string of the molecule is CCNC(=NCc1cc2c(cc1OCC)CC(C)O2)NCCNC(=O)c1ccco1.I. The molecule has 1 amide bonds. The van der Waals surface area contributed by atoms with E-state index in [1.54, 1.807) is 12.1 Å². The van der Waals surface area contributed by atoms with Crippen LogP contribution in [0.4, 0.5) is 0 Å². The van der Waals surface area contributed by atoms with E-state index in [4.69, 9.17) is 13.9 Å². The molecule has 0 bridgehead atoms. The summed E-state index contributed by atoms with van der Waals surface area (Å²) in [5.41, 5.74) is 2.16. The lowest BCUT2D eigenvalue weighted by Crippen LogP contribution is -2.41. The van der Waals surface area contributed by atoms with Crippen LogP contribution in [0.15, 0.2) is 39.9 Å². The van der Waals surface area contributed by atoms with Crippen molar-refractivity contribution in [3.8, 4) is 11.5 Å². The molecule has 0 spiro atoms. The second-order valence-electron chi connectivity index (χ2n) is 6.99. The van der Waals surface area contributed by atoms with Crippen LogP contribution in [-0.4, -0.2) is 44.2 Å². The molecule has 0 fully saturated rings. The molecule has 0 saturated heterocycles. The van der Waals surface area contributed by atoms with Crippen LogP contribution in [0, 0.1) is 0 Å². The van der Waals surface area contributed by atoms with Gasteiger partial charge in [-0.2, -0.15) is 0 Å². The molecular formula is C22H31IN4O4. The molecule has 1 unspecified atom stereocenters. The summed E-state index contributed by atoms with van der Waals surface area (Å²) in [4.78, 5) is 16.6. The van der Waals surface area contributed by atoms with E-state index in [1.807, 2.05) is 19.9 Å². The molecule has 1 aromatic heterocycles. The molecule has 3 rings (SSSR count). The topological polar surface area (TPSA) is 97.1 Å². The van der Waals surface area contributed by atoms with E-state index in [-0.39, 0.29) is 36.0 Å². The maximum Gasteiger partial charge on any atom is 0.287 e. The molecule has 2 heterocycles. The Kier molecular flexibility index (Phi) is 9.96. The van der Waals surface area contributed by atoms with Gasteiger partial charge in [-0.15, -0.1) is 24.0 Å². The number of nitrogens with zero attached hydrogens (tertiary/aromatic N) is 1. The standard InChI is InChI=1S/C22H30N4O4.HI/c1-4-23-22(25-9-8-24-21(27)18-7-6-10-29-18)26-14-17-13-20-16(11-15(3)30-20)12-19(17)28-5-2;/h6-7,10,12-13,15H,4-5,8-9,11,14H2,1-3H3,(H,24,27)(H2,23,25,26);1H. The summed E-state index contributed by atoms with van der Waals surface area (Å²) in [6, 6.07) is 7.41. The minimum absolute atomic E-state index is 0. The third kappa shape index (κ3) is 7.05. The van der Waals surface area contributed by atoms with E-state index in [0.29, 0.717) is 38.0 Å². The Morgan fingerprint density at radius 1 is 1.23 bits per heavy atom. The predicted octanol–water partition coefficient (Wildman–Crippen LogP) is 3.10. The van der Waals surface area contributed by atoms with Crippen molar-refractivity contribution in [2.45, 2.75) is 39.8 Å². The minimum Gasteiger partial charge on any atom is -0.494 e. The van der Waals surface area contributed by atoms with E-state index < -0.39 is 0 Å². The Balaban J connectivity index is 0.00000341. The highest BCUT2D eigenvalue weighted by atomic mass is 127. The maximum absolute atomic E-state index is 11.9. The predicted molar refractivity (Wildman–Crippen MR) is 131 cm³/mol. The number of halogens is 1. The van der Waals surface area contributed by atoms with Crippen molar-refractivity contribution in [2.24, 2.45) is 4.99 Å². The molecule has 1 aromatic carbocycles. The van der Waals surface area contributed by atoms with E-state index in [9.17, 15) is 4.79 Å². The summed E-state index contributed by atoms with van der Waals surface area (Å²) in [7, 11) is 0. The van der Waals surface area contributed by atoms with Gasteiger partial charge in [-0.1, -0.05) is 0 Å². The van der Waals surface area contributed by atoms with Gasteiger partial charge in [-0.05, 0) is 45.0 Å². The fourth-order valence-electron chi connectivity index (χ4n) is 3.25. The van der Waals surface area contributed by atoms with E-state index in [2.05, 4.69) is 33.9 Å². The summed E-state index contributed by atoms with van der Waals surface area (Å²) < 4.78 is 16.8. The average molecular weight is 542 g/mol. The Hall–Kier alpha value is -2.43. The summed E-state index contributed by atoms with van der Waals surface area (Å²) in [5.74, 6) is 2.49. The Morgan fingerprint density at radius 2 is 2.03 bits per heavy atom. The second kappa shape index (κ2) is 12.4. The first-order chi connectivity index (χ1) is 14.6. The van der Waals surface area contributed by atoms with Crippen molar-refractivity contribution in [1.82, 2.24) is 16.0 Å². The number of carbonyl (C=O) groups excluding carboxylic acids is 1. The van der Waals surface area contributed by atoms with Gasteiger partial charge in [-0.3, -0.25) is 4.79 Å². The van der Waals surface area contributed by atoms with Crippen LogP contribution >= 0.6 is 24.0 Å². The third-order valence-corrected chi connectivity index (χ3v) is 4.58. The first kappa shape index (κ1) is 24.8. The number of guanidine groups is 1. The molecule has 3 N–H and O–H groups in total. The lowest BCUT2D eigenvalue weighted by Gasteiger charge is -2.14. The molecule has 1 aliphatic heterocycles. The summed E-state index contributed by atoms with van der Waals surface area (Å²) in [6.45, 7) is 8.80. The quantitative estimate of drug-likeness (QED) is 0.195. The lowest BCUT2D eigenvalue weighted by molar-refractivity contribution is 0.0926. The smallest absolute Gasteiger partial charge is 0.287 e. The van der Waals surface area contributed by atoms with Crippen molar-refractivity contribution < 1.29 is 18.7 Å². The molecule has 0 saturated carbocycles. The molecule has 8 nitrogen and oxygen atoms in total. The van der Waals surface area contributed by atoms with Gasteiger partial charge in [0.25, 0.3) is 5.91 Å². The van der Waals surface area contributed by atoms with Gasteiger partial charge in [-0.25, -0.2) is 4.99 Å². The van der Waals surface area contributed by atoms with Crippen molar-refractivity contribution in [3.63, 3.8) is 0 Å². The normalized spacial score (nSPS) is 14.8. The minimum atomic E-state index is -0.238. The van der Waals surface area contributed by atoms with Crippen LogP contribution in [0.2, 0.25) is 0 Å². The average Bonchev–Trinajstić information content (AvgIpc) is 3.38. The molecule has 2 aromatic rings. The van der Waals surface area contributed by atoms with Gasteiger partial charge in [0.1, 0.15) is 17.6 Å². The number of nitrogens with one attached hydrogen (secondary N) is 3. The molecule has 170 valence electrons. The molecule has 1 atom stereocenters. The Morgan fingerprint density at radius 3 is 2.74 bits per heavy atom. The van der Waals surface area contributed by atoms with Crippen molar-refractivity contribution >= 4 is 35.8 Å². The number of carbonyl (C=O) groups is 1. The zero-order valence-electron chi connectivity index (χ0n) is 18.2. The molecule has 0 radical (unpaired) electrons. The third-order valence-electron chi connectivity index (χ3n) is 4.58. The van der Waals surface area contributed by atoms with Crippen molar-refractivity contribution in [2.75, 3.05) is 26.2 Å². The van der Waals surface area contributed by atoms with E-state index in [0.717, 1.165) is 30.0 Å². The summed E-state index contributed by atoms with van der Waals surface area (Å²) >= 11 is 0. The van der Waals surface area contributed by atoms with Crippen LogP contribution in [0.1, 0.15) is 42.5 Å². The molecule has 9 heteroatoms. The molecule has 1 aliphatic rings. The highest BCUT2D eigenvalue weighted by molar-refractivity contribution is 14.0. The fraction of sp³-hybridized carbons (Fsp3) is 0.455. The van der Waals surface area contributed by atoms with Crippen molar-refractivity contribution in [1.29, 1.82) is 0 Å². The van der Waals surface area contributed by atoms with Gasteiger partial charge in [0.05, 0.1) is 19.4 Å². The Bertz CT molecular complexity index is 871. The number of benzene rings is 1. The monoisotopic (exact) mass is 542 g/mol. The highest BCUT2D eigenvalue weighted by Gasteiger charge is 2.21. The number of fused-ring (bicyclic) bond motifs is 1. The number of hydrogen-bond donors (Lipinski definition) is 3. The van der Waals surface area contributed by atoms with E-state index >= 15 is 0 Å². The summed E-state index contributed by atoms with van der Waals surface area (Å²) in [6.07, 6.45) is 2.56. The van der Waals surface area contributed by atoms with Gasteiger partial charge >= 0.3 is 0 Å². The van der Waals surface area contributed by atoms with Crippen LogP contribution in [-0.2, 0) is 13.0 Å². The van der Waals surface area contributed by atoms with E-state index in [1.165, 1.54) is 11.8 Å². The number of amides is 1.